The van der Waals surface area contributed by atoms with E-state index in [-0.39, 0.29) is 17.3 Å². The van der Waals surface area contributed by atoms with Crippen LogP contribution in [-0.2, 0) is 6.54 Å². The van der Waals surface area contributed by atoms with Crippen LogP contribution in [0.15, 0.2) is 48.5 Å². The van der Waals surface area contributed by atoms with Gasteiger partial charge in [-0.15, -0.1) is 0 Å². The Morgan fingerprint density at radius 2 is 1.81 bits per heavy atom. The van der Waals surface area contributed by atoms with Crippen LogP contribution in [0, 0.1) is 10.1 Å². The maximum absolute atomic E-state index is 12.8. The molecule has 1 heterocycles. The highest BCUT2D eigenvalue weighted by Crippen LogP contribution is 2.28. The van der Waals surface area contributed by atoms with E-state index < -0.39 is 4.92 Å². The van der Waals surface area contributed by atoms with Gasteiger partial charge in [-0.25, -0.2) is 0 Å². The number of ether oxygens (including phenoxy) is 1. The van der Waals surface area contributed by atoms with Crippen molar-refractivity contribution in [2.45, 2.75) is 13.5 Å². The Labute approximate surface area is 158 Å². The Balaban J connectivity index is 1.63. The van der Waals surface area contributed by atoms with Crippen LogP contribution in [0.3, 0.4) is 0 Å². The zero-order chi connectivity index (χ0) is 19.2. The van der Waals surface area contributed by atoms with Gasteiger partial charge in [-0.1, -0.05) is 30.3 Å². The molecule has 1 aliphatic rings. The van der Waals surface area contributed by atoms with E-state index in [1.54, 1.807) is 17.9 Å². The quantitative estimate of drug-likeness (QED) is 0.578. The van der Waals surface area contributed by atoms with Gasteiger partial charge in [0, 0.05) is 44.4 Å². The van der Waals surface area contributed by atoms with Gasteiger partial charge in [0.15, 0.2) is 5.75 Å². The lowest BCUT2D eigenvalue weighted by molar-refractivity contribution is -0.385. The predicted molar refractivity (Wildman–Crippen MR) is 102 cm³/mol. The second kappa shape index (κ2) is 8.64. The number of carbonyl (C=O) groups excluding carboxylic acids is 1. The van der Waals surface area contributed by atoms with E-state index in [1.807, 2.05) is 18.2 Å². The maximum atomic E-state index is 12.8. The summed E-state index contributed by atoms with van der Waals surface area (Å²) in [7, 11) is 0. The average Bonchev–Trinajstić information content (AvgIpc) is 2.69. The zero-order valence-corrected chi connectivity index (χ0v) is 15.3. The third-order valence-corrected chi connectivity index (χ3v) is 4.61. The van der Waals surface area contributed by atoms with E-state index in [0.29, 0.717) is 25.3 Å². The lowest BCUT2D eigenvalue weighted by Crippen LogP contribution is -2.48. The minimum atomic E-state index is -0.514. The van der Waals surface area contributed by atoms with Gasteiger partial charge >= 0.3 is 5.69 Å². The van der Waals surface area contributed by atoms with Crippen molar-refractivity contribution in [2.75, 3.05) is 32.8 Å². The zero-order valence-electron chi connectivity index (χ0n) is 15.3. The van der Waals surface area contributed by atoms with Crippen molar-refractivity contribution in [3.63, 3.8) is 0 Å². The molecule has 1 fully saturated rings. The highest BCUT2D eigenvalue weighted by molar-refractivity contribution is 5.95. The molecule has 0 unspecified atom stereocenters. The number of piperazine rings is 1. The number of rotatable bonds is 6. The van der Waals surface area contributed by atoms with Crippen LogP contribution < -0.4 is 4.74 Å². The SMILES string of the molecule is CCOc1ccc(C(=O)N2CCN(Cc3ccccc3)CC2)cc1[N+](=O)[O-]. The summed E-state index contributed by atoms with van der Waals surface area (Å²) in [6.07, 6.45) is 0. The summed E-state index contributed by atoms with van der Waals surface area (Å²) in [4.78, 5) is 27.6. The second-order valence-corrected chi connectivity index (χ2v) is 6.43. The molecule has 142 valence electrons. The van der Waals surface area contributed by atoms with Crippen molar-refractivity contribution in [1.82, 2.24) is 9.80 Å². The van der Waals surface area contributed by atoms with E-state index in [2.05, 4.69) is 17.0 Å². The third-order valence-electron chi connectivity index (χ3n) is 4.61. The minimum Gasteiger partial charge on any atom is -0.487 e. The number of hydrogen-bond acceptors (Lipinski definition) is 5. The highest BCUT2D eigenvalue weighted by atomic mass is 16.6. The molecule has 0 spiro atoms. The molecule has 0 aromatic heterocycles. The maximum Gasteiger partial charge on any atom is 0.311 e. The molecule has 1 saturated heterocycles. The molecule has 7 nitrogen and oxygen atoms in total. The predicted octanol–water partition coefficient (Wildman–Crippen LogP) is 2.95. The molecular formula is C20H23N3O4. The normalized spacial score (nSPS) is 14.8. The van der Waals surface area contributed by atoms with Gasteiger partial charge in [0.25, 0.3) is 5.91 Å². The first kappa shape index (κ1) is 18.8. The van der Waals surface area contributed by atoms with Crippen molar-refractivity contribution < 1.29 is 14.5 Å². The second-order valence-electron chi connectivity index (χ2n) is 6.43. The van der Waals surface area contributed by atoms with Gasteiger partial charge in [0.1, 0.15) is 0 Å². The molecule has 27 heavy (non-hydrogen) atoms. The van der Waals surface area contributed by atoms with Gasteiger partial charge in [-0.2, -0.15) is 0 Å². The van der Waals surface area contributed by atoms with Crippen LogP contribution in [0.2, 0.25) is 0 Å². The smallest absolute Gasteiger partial charge is 0.311 e. The van der Waals surface area contributed by atoms with Gasteiger partial charge in [-0.05, 0) is 24.6 Å². The lowest BCUT2D eigenvalue weighted by Gasteiger charge is -2.34. The van der Waals surface area contributed by atoms with Crippen molar-refractivity contribution in [2.24, 2.45) is 0 Å². The summed E-state index contributed by atoms with van der Waals surface area (Å²) in [6, 6.07) is 14.6. The van der Waals surface area contributed by atoms with E-state index in [1.165, 1.54) is 17.7 Å². The molecule has 0 bridgehead atoms. The van der Waals surface area contributed by atoms with Crippen LogP contribution in [-0.4, -0.2) is 53.4 Å². The van der Waals surface area contributed by atoms with Gasteiger partial charge in [-0.3, -0.25) is 19.8 Å². The summed E-state index contributed by atoms with van der Waals surface area (Å²) in [5, 5.41) is 11.3. The molecule has 0 radical (unpaired) electrons. The molecule has 7 heteroatoms. The summed E-state index contributed by atoms with van der Waals surface area (Å²) in [5.41, 5.74) is 1.39. The largest absolute Gasteiger partial charge is 0.487 e. The molecule has 2 aromatic carbocycles. The fourth-order valence-corrected chi connectivity index (χ4v) is 3.20. The number of hydrogen-bond donors (Lipinski definition) is 0. The number of nitro benzene ring substituents is 1. The summed E-state index contributed by atoms with van der Waals surface area (Å²) in [5.74, 6) is 0.00670. The van der Waals surface area contributed by atoms with Crippen LogP contribution in [0.25, 0.3) is 0 Å². The molecule has 3 rings (SSSR count). The summed E-state index contributed by atoms with van der Waals surface area (Å²) in [6.45, 7) is 5.71. The fraction of sp³-hybridized carbons (Fsp3) is 0.350. The van der Waals surface area contributed by atoms with Crippen LogP contribution in [0.5, 0.6) is 5.75 Å². The standard InChI is InChI=1S/C20H23N3O4/c1-2-27-19-9-8-17(14-18(19)23(25)26)20(24)22-12-10-21(11-13-22)15-16-6-4-3-5-7-16/h3-9,14H,2,10-13,15H2,1H3. The number of nitro groups is 1. The van der Waals surface area contributed by atoms with Gasteiger partial charge in [0.2, 0.25) is 0 Å². The first-order valence-corrected chi connectivity index (χ1v) is 9.05. The molecule has 0 atom stereocenters. The number of benzene rings is 2. The third kappa shape index (κ3) is 4.62. The Kier molecular flexibility index (Phi) is 6.03. The van der Waals surface area contributed by atoms with Crippen LogP contribution >= 0.6 is 0 Å². The lowest BCUT2D eigenvalue weighted by atomic mass is 10.1. The van der Waals surface area contributed by atoms with Crippen LogP contribution in [0.4, 0.5) is 5.69 Å². The highest BCUT2D eigenvalue weighted by Gasteiger charge is 2.25. The van der Waals surface area contributed by atoms with E-state index in [0.717, 1.165) is 19.6 Å². The first-order chi connectivity index (χ1) is 13.1. The van der Waals surface area contributed by atoms with Crippen LogP contribution in [0.1, 0.15) is 22.8 Å². The Morgan fingerprint density at radius 3 is 2.44 bits per heavy atom. The van der Waals surface area contributed by atoms with Crippen molar-refractivity contribution >= 4 is 11.6 Å². The summed E-state index contributed by atoms with van der Waals surface area (Å²) < 4.78 is 5.28. The number of amides is 1. The molecule has 2 aromatic rings. The Hall–Kier alpha value is -2.93. The molecular weight excluding hydrogens is 346 g/mol. The number of nitrogens with zero attached hydrogens (tertiary/aromatic N) is 3. The van der Waals surface area contributed by atoms with E-state index >= 15 is 0 Å². The fourth-order valence-electron chi connectivity index (χ4n) is 3.20. The number of carbonyl (C=O) groups is 1. The Morgan fingerprint density at radius 1 is 1.11 bits per heavy atom. The molecule has 0 aliphatic carbocycles. The Bertz CT molecular complexity index is 802. The molecule has 0 saturated carbocycles. The summed E-state index contributed by atoms with van der Waals surface area (Å²) >= 11 is 0. The molecule has 1 aliphatic heterocycles. The van der Waals surface area contributed by atoms with Crippen molar-refractivity contribution in [3.8, 4) is 5.75 Å². The minimum absolute atomic E-state index is 0.176. The van der Waals surface area contributed by atoms with Gasteiger partial charge < -0.3 is 9.64 Å². The average molecular weight is 369 g/mol. The van der Waals surface area contributed by atoms with Crippen molar-refractivity contribution in [1.29, 1.82) is 0 Å². The van der Waals surface area contributed by atoms with Gasteiger partial charge in [0.05, 0.1) is 11.5 Å². The molecule has 0 N–H and O–H groups in total. The van der Waals surface area contributed by atoms with E-state index in [4.69, 9.17) is 4.74 Å². The van der Waals surface area contributed by atoms with E-state index in [9.17, 15) is 14.9 Å². The molecule has 1 amide bonds. The topological polar surface area (TPSA) is 75.9 Å². The monoisotopic (exact) mass is 369 g/mol. The van der Waals surface area contributed by atoms with Crippen molar-refractivity contribution in [3.05, 3.63) is 69.8 Å². The first-order valence-electron chi connectivity index (χ1n) is 9.05.